The number of hydrogen-bond donors (Lipinski definition) is 0. The minimum absolute atomic E-state index is 0.00384. The molecule has 0 saturated carbocycles. The summed E-state index contributed by atoms with van der Waals surface area (Å²) in [6.07, 6.45) is 29.0. The molecule has 3 nitrogen and oxygen atoms in total. The van der Waals surface area contributed by atoms with E-state index in [9.17, 15) is 9.59 Å². The van der Waals surface area contributed by atoms with Crippen molar-refractivity contribution in [3.63, 3.8) is 0 Å². The van der Waals surface area contributed by atoms with Crippen LogP contribution in [0.3, 0.4) is 0 Å². The highest BCUT2D eigenvalue weighted by molar-refractivity contribution is 6.02. The van der Waals surface area contributed by atoms with E-state index in [1.807, 2.05) is 0 Å². The number of imide groups is 1. The summed E-state index contributed by atoms with van der Waals surface area (Å²) in [6.45, 7) is 6.67. The summed E-state index contributed by atoms with van der Waals surface area (Å²) in [6, 6.07) is -0.00384. The fraction of sp³-hybridized carbons (Fsp3) is 0.867. The third-order valence-corrected chi connectivity index (χ3v) is 7.28. The summed E-state index contributed by atoms with van der Waals surface area (Å²) < 4.78 is 0. The van der Waals surface area contributed by atoms with E-state index in [1.165, 1.54) is 115 Å². The van der Waals surface area contributed by atoms with Crippen molar-refractivity contribution in [1.29, 1.82) is 0 Å². The highest BCUT2D eigenvalue weighted by Crippen LogP contribution is 2.25. The Morgan fingerprint density at radius 3 is 1.52 bits per heavy atom. The summed E-state index contributed by atoms with van der Waals surface area (Å²) in [5.74, 6) is 0.0748. The number of allylic oxidation sites excluding steroid dienone is 1. The summed E-state index contributed by atoms with van der Waals surface area (Å²) in [7, 11) is 0. The van der Waals surface area contributed by atoms with Gasteiger partial charge in [0.25, 0.3) is 0 Å². The van der Waals surface area contributed by atoms with Gasteiger partial charge in [-0.3, -0.25) is 14.5 Å². The van der Waals surface area contributed by atoms with Gasteiger partial charge in [0.1, 0.15) is 0 Å². The van der Waals surface area contributed by atoms with Gasteiger partial charge in [-0.05, 0) is 26.2 Å². The van der Waals surface area contributed by atoms with Crippen LogP contribution in [0.1, 0.15) is 162 Å². The molecule has 0 spiro atoms. The highest BCUT2D eigenvalue weighted by atomic mass is 16.2. The molecule has 0 radical (unpaired) electrons. The molecule has 0 bridgehead atoms. The van der Waals surface area contributed by atoms with E-state index in [0.29, 0.717) is 12.8 Å². The number of carbonyl (C=O) groups is 2. The van der Waals surface area contributed by atoms with E-state index in [-0.39, 0.29) is 17.9 Å². The molecule has 1 atom stereocenters. The zero-order valence-corrected chi connectivity index (χ0v) is 22.5. The second-order valence-electron chi connectivity index (χ2n) is 10.4. The molecule has 3 heteroatoms. The number of rotatable bonds is 22. The van der Waals surface area contributed by atoms with Crippen LogP contribution >= 0.6 is 0 Å². The highest BCUT2D eigenvalue weighted by Gasteiger charge is 2.35. The van der Waals surface area contributed by atoms with Crippen molar-refractivity contribution < 1.29 is 9.59 Å². The second kappa shape index (κ2) is 20.3. The average Bonchev–Trinajstić information content (AvgIpc) is 3.14. The molecule has 33 heavy (non-hydrogen) atoms. The number of nitrogens with zero attached hydrogens (tertiary/aromatic N) is 1. The van der Waals surface area contributed by atoms with Gasteiger partial charge in [0, 0.05) is 12.8 Å². The molecule has 192 valence electrons. The van der Waals surface area contributed by atoms with Crippen LogP contribution in [0.2, 0.25) is 0 Å². The molecular formula is C30H55NO2. The normalized spacial score (nSPS) is 15.6. The lowest BCUT2D eigenvalue weighted by Gasteiger charge is -2.27. The van der Waals surface area contributed by atoms with Crippen LogP contribution in [0.15, 0.2) is 11.6 Å². The Bertz CT molecular complexity index is 523. The lowest BCUT2D eigenvalue weighted by molar-refractivity contribution is -0.140. The van der Waals surface area contributed by atoms with Crippen LogP contribution in [0, 0.1) is 0 Å². The van der Waals surface area contributed by atoms with Gasteiger partial charge in [-0.1, -0.05) is 135 Å². The smallest absolute Gasteiger partial charge is 0.230 e. The van der Waals surface area contributed by atoms with Gasteiger partial charge >= 0.3 is 0 Å². The maximum absolute atomic E-state index is 12.4. The first-order chi connectivity index (χ1) is 16.1. The summed E-state index contributed by atoms with van der Waals surface area (Å²) >= 11 is 0. The largest absolute Gasteiger partial charge is 0.275 e. The van der Waals surface area contributed by atoms with Gasteiger partial charge in [0.05, 0.1) is 6.04 Å². The Balaban J connectivity index is 2.29. The molecular weight excluding hydrogens is 406 g/mol. The number of amides is 2. The minimum atomic E-state index is -0.00384. The molecule has 1 unspecified atom stereocenters. The molecule has 1 saturated heterocycles. The topological polar surface area (TPSA) is 37.4 Å². The van der Waals surface area contributed by atoms with Crippen LogP contribution in [-0.4, -0.2) is 22.8 Å². The third-order valence-electron chi connectivity index (χ3n) is 7.28. The van der Waals surface area contributed by atoms with E-state index in [4.69, 9.17) is 0 Å². The summed E-state index contributed by atoms with van der Waals surface area (Å²) in [5, 5.41) is 0. The van der Waals surface area contributed by atoms with Gasteiger partial charge < -0.3 is 0 Å². The Kier molecular flexibility index (Phi) is 18.4. The Hall–Kier alpha value is -1.12. The first-order valence-corrected chi connectivity index (χ1v) is 14.6. The van der Waals surface area contributed by atoms with Gasteiger partial charge in [-0.2, -0.15) is 0 Å². The predicted molar refractivity (Wildman–Crippen MR) is 142 cm³/mol. The van der Waals surface area contributed by atoms with Gasteiger partial charge in [0.15, 0.2) is 0 Å². The van der Waals surface area contributed by atoms with E-state index in [1.54, 1.807) is 4.90 Å². The maximum Gasteiger partial charge on any atom is 0.230 e. The van der Waals surface area contributed by atoms with Crippen molar-refractivity contribution in [2.24, 2.45) is 0 Å². The summed E-state index contributed by atoms with van der Waals surface area (Å²) in [5.41, 5.74) is 1.23. The van der Waals surface area contributed by atoms with Crippen molar-refractivity contribution in [3.8, 4) is 0 Å². The van der Waals surface area contributed by atoms with Gasteiger partial charge in [-0.25, -0.2) is 0 Å². The molecule has 0 N–H and O–H groups in total. The Labute approximate surface area is 206 Å². The molecule has 0 aliphatic carbocycles. The molecule has 1 aliphatic rings. The van der Waals surface area contributed by atoms with Crippen molar-refractivity contribution in [1.82, 2.24) is 4.90 Å². The van der Waals surface area contributed by atoms with E-state index in [2.05, 4.69) is 26.8 Å². The van der Waals surface area contributed by atoms with Crippen LogP contribution < -0.4 is 0 Å². The van der Waals surface area contributed by atoms with Crippen molar-refractivity contribution in [2.75, 3.05) is 0 Å². The average molecular weight is 462 g/mol. The number of carbonyl (C=O) groups excluding carboxylic acids is 2. The zero-order chi connectivity index (χ0) is 24.2. The Morgan fingerprint density at radius 2 is 1.06 bits per heavy atom. The summed E-state index contributed by atoms with van der Waals surface area (Å²) in [4.78, 5) is 26.4. The van der Waals surface area contributed by atoms with Crippen LogP contribution in [0.25, 0.3) is 0 Å². The van der Waals surface area contributed by atoms with Crippen molar-refractivity contribution in [2.45, 2.75) is 168 Å². The van der Waals surface area contributed by atoms with Crippen molar-refractivity contribution in [3.05, 3.63) is 11.6 Å². The zero-order valence-electron chi connectivity index (χ0n) is 22.5. The fourth-order valence-corrected chi connectivity index (χ4v) is 5.07. The quantitative estimate of drug-likeness (QED) is 0.0914. The maximum atomic E-state index is 12.4. The van der Waals surface area contributed by atoms with Gasteiger partial charge in [-0.15, -0.1) is 0 Å². The first-order valence-electron chi connectivity index (χ1n) is 14.6. The molecule has 0 aromatic heterocycles. The molecule has 2 amide bonds. The van der Waals surface area contributed by atoms with Crippen molar-refractivity contribution >= 4 is 11.8 Å². The SMILES string of the molecule is CCCCCCCCCCCCC/C=C(\C)C(CCCCCCCCC)N1C(=O)CCC1=O. The van der Waals surface area contributed by atoms with E-state index in [0.717, 1.165) is 19.3 Å². The third kappa shape index (κ3) is 14.0. The molecule has 1 heterocycles. The standard InChI is InChI=1S/C30H55NO2/c1-4-6-8-10-12-13-14-15-16-18-19-21-23-27(3)28(31-29(32)25-26-30(31)33)24-22-20-17-11-9-7-5-2/h23,28H,4-22,24-26H2,1-3H3/b27-23+. The molecule has 1 fully saturated rings. The second-order valence-corrected chi connectivity index (χ2v) is 10.4. The van der Waals surface area contributed by atoms with E-state index < -0.39 is 0 Å². The van der Waals surface area contributed by atoms with Crippen LogP contribution in [0.5, 0.6) is 0 Å². The Morgan fingerprint density at radius 1 is 0.667 bits per heavy atom. The number of hydrogen-bond acceptors (Lipinski definition) is 2. The number of unbranched alkanes of at least 4 members (excludes halogenated alkanes) is 17. The molecule has 0 aromatic carbocycles. The minimum Gasteiger partial charge on any atom is -0.275 e. The lowest BCUT2D eigenvalue weighted by Crippen LogP contribution is -2.40. The molecule has 0 aromatic rings. The van der Waals surface area contributed by atoms with E-state index >= 15 is 0 Å². The molecule has 1 aliphatic heterocycles. The molecule has 1 rings (SSSR count). The van der Waals surface area contributed by atoms with Crippen LogP contribution in [0.4, 0.5) is 0 Å². The van der Waals surface area contributed by atoms with Gasteiger partial charge in [0.2, 0.25) is 11.8 Å². The monoisotopic (exact) mass is 461 g/mol. The lowest BCUT2D eigenvalue weighted by atomic mass is 9.97. The predicted octanol–water partition coefficient (Wildman–Crippen LogP) is 9.29. The van der Waals surface area contributed by atoms with Crippen LogP contribution in [-0.2, 0) is 9.59 Å². The first kappa shape index (κ1) is 29.9. The number of likely N-dealkylation sites (tertiary alicyclic amines) is 1. The fourth-order valence-electron chi connectivity index (χ4n) is 5.07.